The normalized spacial score (nSPS) is 12.7. The van der Waals surface area contributed by atoms with Crippen LogP contribution in [0.1, 0.15) is 23.2 Å². The Balaban J connectivity index is 2.44. The van der Waals surface area contributed by atoms with Crippen molar-refractivity contribution in [3.05, 3.63) is 34.0 Å². The summed E-state index contributed by atoms with van der Waals surface area (Å²) in [5.74, 6) is -0.372. The molecule has 0 radical (unpaired) electrons. The average molecular weight is 336 g/mol. The summed E-state index contributed by atoms with van der Waals surface area (Å²) < 4.78 is 13.7. The van der Waals surface area contributed by atoms with Crippen molar-refractivity contribution in [1.29, 1.82) is 0 Å². The maximum Gasteiger partial charge on any atom is 0.152 e. The Bertz CT molecular complexity index is 512. The topological polar surface area (TPSA) is 25.8 Å². The third-order valence-corrected chi connectivity index (χ3v) is 5.00. The Labute approximate surface area is 116 Å². The summed E-state index contributed by atoms with van der Waals surface area (Å²) in [4.78, 5) is 0.152. The van der Waals surface area contributed by atoms with E-state index in [2.05, 4.69) is 26.1 Å². The lowest BCUT2D eigenvalue weighted by molar-refractivity contribution is 0.631. The summed E-state index contributed by atoms with van der Waals surface area (Å²) in [6.45, 7) is 2.04. The quantitative estimate of drug-likeness (QED) is 0.750. The van der Waals surface area contributed by atoms with E-state index in [1.165, 1.54) is 17.4 Å². The molecule has 1 heterocycles. The summed E-state index contributed by atoms with van der Waals surface area (Å²) in [5.41, 5.74) is 0.328. The van der Waals surface area contributed by atoms with Crippen LogP contribution in [-0.2, 0) is 0 Å². The molecule has 2 rings (SSSR count). The molecule has 90 valence electrons. The Morgan fingerprint density at radius 2 is 2.24 bits per heavy atom. The minimum atomic E-state index is -0.372. The maximum atomic E-state index is 13.7. The molecule has 2 aromatic rings. The predicted molar refractivity (Wildman–Crippen MR) is 72.3 cm³/mol. The third-order valence-electron chi connectivity index (χ3n) is 2.24. The van der Waals surface area contributed by atoms with Gasteiger partial charge in [0, 0.05) is 0 Å². The van der Waals surface area contributed by atoms with Crippen molar-refractivity contribution in [3.8, 4) is 10.6 Å². The van der Waals surface area contributed by atoms with E-state index in [1.54, 1.807) is 12.1 Å². The van der Waals surface area contributed by atoms with Gasteiger partial charge in [-0.15, -0.1) is 10.2 Å². The van der Waals surface area contributed by atoms with Gasteiger partial charge >= 0.3 is 0 Å². The van der Waals surface area contributed by atoms with Crippen molar-refractivity contribution >= 4 is 38.9 Å². The number of rotatable bonds is 3. The fourth-order valence-corrected chi connectivity index (χ4v) is 2.98. The van der Waals surface area contributed by atoms with E-state index in [4.69, 9.17) is 11.6 Å². The van der Waals surface area contributed by atoms with Crippen LogP contribution >= 0.6 is 38.9 Å². The summed E-state index contributed by atoms with van der Waals surface area (Å²) >= 11 is 10.8. The average Bonchev–Trinajstić information content (AvgIpc) is 2.77. The smallest absolute Gasteiger partial charge is 0.152 e. The van der Waals surface area contributed by atoms with Gasteiger partial charge in [0.05, 0.1) is 15.4 Å². The van der Waals surface area contributed by atoms with Gasteiger partial charge in [0.1, 0.15) is 10.8 Å². The summed E-state index contributed by atoms with van der Waals surface area (Å²) in [6, 6.07) is 4.59. The molecule has 0 bridgehead atoms. The molecule has 17 heavy (non-hydrogen) atoms. The number of hydrogen-bond acceptors (Lipinski definition) is 3. The summed E-state index contributed by atoms with van der Waals surface area (Å²) in [6.07, 6.45) is 0.902. The zero-order chi connectivity index (χ0) is 12.4. The number of hydrogen-bond donors (Lipinski definition) is 0. The van der Waals surface area contributed by atoms with E-state index in [-0.39, 0.29) is 10.6 Å². The van der Waals surface area contributed by atoms with Crippen LogP contribution in [0.5, 0.6) is 0 Å². The molecule has 1 unspecified atom stereocenters. The van der Waals surface area contributed by atoms with Crippen molar-refractivity contribution in [2.75, 3.05) is 0 Å². The monoisotopic (exact) mass is 334 g/mol. The van der Waals surface area contributed by atoms with Crippen LogP contribution in [0, 0.1) is 5.82 Å². The van der Waals surface area contributed by atoms with E-state index in [0.29, 0.717) is 15.6 Å². The number of halogens is 3. The number of aromatic nitrogens is 2. The van der Waals surface area contributed by atoms with Gasteiger partial charge in [-0.2, -0.15) is 0 Å². The molecule has 1 aromatic carbocycles. The highest BCUT2D eigenvalue weighted by Gasteiger charge is 2.17. The Hall–Kier alpha value is -0.520. The van der Waals surface area contributed by atoms with Crippen LogP contribution in [-0.4, -0.2) is 10.2 Å². The highest BCUT2D eigenvalue weighted by atomic mass is 79.9. The number of nitrogens with zero attached hydrogens (tertiary/aromatic N) is 2. The molecule has 0 aliphatic heterocycles. The molecule has 6 heteroatoms. The van der Waals surface area contributed by atoms with E-state index < -0.39 is 0 Å². The molecule has 0 aliphatic rings. The van der Waals surface area contributed by atoms with Crippen molar-refractivity contribution in [2.45, 2.75) is 18.2 Å². The zero-order valence-electron chi connectivity index (χ0n) is 8.95. The standard InChI is InChI=1S/C11H9BrClFN2S/c1-2-6(12)10-15-16-11(17-10)9-7(13)4-3-5-8(9)14/h3-6H,2H2,1H3. The van der Waals surface area contributed by atoms with Gasteiger partial charge in [0.2, 0.25) is 0 Å². The lowest BCUT2D eigenvalue weighted by atomic mass is 10.2. The molecule has 0 aliphatic carbocycles. The lowest BCUT2D eigenvalue weighted by Gasteiger charge is -2.01. The van der Waals surface area contributed by atoms with Crippen LogP contribution < -0.4 is 0 Å². The van der Waals surface area contributed by atoms with Crippen molar-refractivity contribution in [3.63, 3.8) is 0 Å². The van der Waals surface area contributed by atoms with Crippen LogP contribution in [0.4, 0.5) is 4.39 Å². The highest BCUT2D eigenvalue weighted by molar-refractivity contribution is 9.09. The van der Waals surface area contributed by atoms with Crippen molar-refractivity contribution < 1.29 is 4.39 Å². The van der Waals surface area contributed by atoms with Crippen molar-refractivity contribution in [1.82, 2.24) is 10.2 Å². The van der Waals surface area contributed by atoms with Gasteiger partial charge in [0.15, 0.2) is 5.01 Å². The molecule has 0 saturated carbocycles. The fraction of sp³-hybridized carbons (Fsp3) is 0.273. The second-order valence-corrected chi connectivity index (χ2v) is 5.94. The molecule has 1 aromatic heterocycles. The minimum Gasteiger partial charge on any atom is -0.206 e. The second kappa shape index (κ2) is 5.42. The predicted octanol–water partition coefficient (Wildman–Crippen LogP) is 4.84. The Morgan fingerprint density at radius 3 is 2.88 bits per heavy atom. The first kappa shape index (κ1) is 12.9. The first-order chi connectivity index (χ1) is 8.13. The van der Waals surface area contributed by atoms with E-state index in [9.17, 15) is 4.39 Å². The number of alkyl halides is 1. The third kappa shape index (κ3) is 2.67. The van der Waals surface area contributed by atoms with Gasteiger partial charge in [-0.05, 0) is 18.6 Å². The molecule has 2 nitrogen and oxygen atoms in total. The van der Waals surface area contributed by atoms with Crippen LogP contribution in [0.15, 0.2) is 18.2 Å². The van der Waals surface area contributed by atoms with E-state index in [0.717, 1.165) is 11.4 Å². The fourth-order valence-electron chi connectivity index (χ4n) is 1.34. The maximum absolute atomic E-state index is 13.7. The Kier molecular flexibility index (Phi) is 4.12. The van der Waals surface area contributed by atoms with E-state index >= 15 is 0 Å². The largest absolute Gasteiger partial charge is 0.206 e. The lowest BCUT2D eigenvalue weighted by Crippen LogP contribution is -1.85. The van der Waals surface area contributed by atoms with Gasteiger partial charge in [0.25, 0.3) is 0 Å². The van der Waals surface area contributed by atoms with Crippen LogP contribution in [0.25, 0.3) is 10.6 Å². The molecule has 0 saturated heterocycles. The molecule has 0 N–H and O–H groups in total. The van der Waals surface area contributed by atoms with Gasteiger partial charge < -0.3 is 0 Å². The second-order valence-electron chi connectivity index (χ2n) is 3.42. The van der Waals surface area contributed by atoms with Crippen LogP contribution in [0.3, 0.4) is 0 Å². The first-order valence-corrected chi connectivity index (χ1v) is 7.16. The summed E-state index contributed by atoms with van der Waals surface area (Å²) in [7, 11) is 0. The first-order valence-electron chi connectivity index (χ1n) is 5.05. The molecular formula is C11H9BrClFN2S. The molecule has 0 amide bonds. The van der Waals surface area contributed by atoms with Gasteiger partial charge in [-0.1, -0.05) is 51.9 Å². The minimum absolute atomic E-state index is 0.152. The van der Waals surface area contributed by atoms with Gasteiger partial charge in [-0.25, -0.2) is 4.39 Å². The van der Waals surface area contributed by atoms with Gasteiger partial charge in [-0.3, -0.25) is 0 Å². The molecule has 0 spiro atoms. The summed E-state index contributed by atoms with van der Waals surface area (Å²) in [5, 5.41) is 9.74. The molecular weight excluding hydrogens is 327 g/mol. The SMILES string of the molecule is CCC(Br)c1nnc(-c2c(F)cccc2Cl)s1. The highest BCUT2D eigenvalue weighted by Crippen LogP contribution is 2.36. The Morgan fingerprint density at radius 1 is 1.47 bits per heavy atom. The van der Waals surface area contributed by atoms with Crippen LogP contribution in [0.2, 0.25) is 5.02 Å². The van der Waals surface area contributed by atoms with Crippen molar-refractivity contribution in [2.24, 2.45) is 0 Å². The molecule has 1 atom stereocenters. The molecule has 0 fully saturated rings. The van der Waals surface area contributed by atoms with E-state index in [1.807, 2.05) is 6.92 Å². The number of benzene rings is 1. The zero-order valence-corrected chi connectivity index (χ0v) is 12.1.